The van der Waals surface area contributed by atoms with Crippen LogP contribution in [0.25, 0.3) is 5.57 Å². The Labute approximate surface area is 162 Å². The van der Waals surface area contributed by atoms with Crippen LogP contribution < -0.4 is 16.0 Å². The highest BCUT2D eigenvalue weighted by Crippen LogP contribution is 2.34. The zero-order valence-electron chi connectivity index (χ0n) is 15.3. The van der Waals surface area contributed by atoms with E-state index in [0.29, 0.717) is 23.5 Å². The van der Waals surface area contributed by atoms with E-state index in [-0.39, 0.29) is 11.7 Å². The van der Waals surface area contributed by atoms with Gasteiger partial charge in [-0.3, -0.25) is 9.78 Å². The third-order valence-electron chi connectivity index (χ3n) is 4.62. The van der Waals surface area contributed by atoms with Gasteiger partial charge in [0.2, 0.25) is 0 Å². The van der Waals surface area contributed by atoms with E-state index in [9.17, 15) is 9.18 Å². The normalized spacial score (nSPS) is 13.9. The zero-order valence-corrected chi connectivity index (χ0v) is 15.3. The van der Waals surface area contributed by atoms with Crippen molar-refractivity contribution in [2.24, 2.45) is 0 Å². The van der Waals surface area contributed by atoms with E-state index >= 15 is 0 Å². The number of anilines is 3. The first-order valence-electron chi connectivity index (χ1n) is 8.92. The maximum Gasteiger partial charge on any atom is 0.257 e. The number of fused-ring (bicyclic) bond motifs is 1. The Morgan fingerprint density at radius 1 is 1.14 bits per heavy atom. The van der Waals surface area contributed by atoms with E-state index < -0.39 is 0 Å². The number of hydrogen-bond donors (Lipinski definition) is 3. The number of amides is 1. The molecule has 140 valence electrons. The first-order valence-corrected chi connectivity index (χ1v) is 8.92. The molecule has 0 aliphatic carbocycles. The van der Waals surface area contributed by atoms with Crippen LogP contribution in [0, 0.1) is 12.7 Å². The van der Waals surface area contributed by atoms with Gasteiger partial charge in [0.25, 0.3) is 5.91 Å². The molecular formula is C22H19FN4O. The summed E-state index contributed by atoms with van der Waals surface area (Å²) in [4.78, 5) is 16.2. The molecule has 0 radical (unpaired) electrons. The van der Waals surface area contributed by atoms with Crippen LogP contribution >= 0.6 is 0 Å². The second-order valence-electron chi connectivity index (χ2n) is 6.56. The maximum atomic E-state index is 14.4. The standard InChI is InChI=1S/C22H19FN4O/c1-14-3-2-4-20-21(14)17(22(28)27-20)13-25-16-5-6-19(18(23)11-16)26-12-15-7-9-24-10-8-15/h2-11,13,25-26H,12H2,1H3,(H,27,28)/b17-13+. The van der Waals surface area contributed by atoms with Gasteiger partial charge >= 0.3 is 0 Å². The predicted octanol–water partition coefficient (Wildman–Crippen LogP) is 4.55. The molecule has 4 rings (SSSR count). The van der Waals surface area contributed by atoms with Crippen LogP contribution in [0.15, 0.2) is 67.1 Å². The van der Waals surface area contributed by atoms with Crippen molar-refractivity contribution in [3.63, 3.8) is 0 Å². The topological polar surface area (TPSA) is 66.0 Å². The fraction of sp³-hybridized carbons (Fsp3) is 0.0909. The predicted molar refractivity (Wildman–Crippen MR) is 109 cm³/mol. The van der Waals surface area contributed by atoms with E-state index in [4.69, 9.17) is 0 Å². The van der Waals surface area contributed by atoms with Crippen LogP contribution in [-0.4, -0.2) is 10.9 Å². The van der Waals surface area contributed by atoms with Crippen molar-refractivity contribution in [3.8, 4) is 0 Å². The molecule has 0 spiro atoms. The van der Waals surface area contributed by atoms with Crippen LogP contribution in [0.4, 0.5) is 21.5 Å². The van der Waals surface area contributed by atoms with Gasteiger partial charge in [-0.25, -0.2) is 4.39 Å². The molecule has 0 saturated carbocycles. The Bertz CT molecular complexity index is 1060. The first kappa shape index (κ1) is 17.7. The summed E-state index contributed by atoms with van der Waals surface area (Å²) in [5.41, 5.74) is 5.20. The molecule has 0 fully saturated rings. The van der Waals surface area contributed by atoms with Crippen molar-refractivity contribution in [3.05, 3.63) is 89.6 Å². The summed E-state index contributed by atoms with van der Waals surface area (Å²) in [7, 11) is 0. The molecule has 1 amide bonds. The monoisotopic (exact) mass is 374 g/mol. The summed E-state index contributed by atoms with van der Waals surface area (Å²) < 4.78 is 14.4. The number of carbonyl (C=O) groups is 1. The van der Waals surface area contributed by atoms with Crippen LogP contribution in [-0.2, 0) is 11.3 Å². The average molecular weight is 374 g/mol. The lowest BCUT2D eigenvalue weighted by Crippen LogP contribution is -2.05. The number of rotatable bonds is 5. The highest BCUT2D eigenvalue weighted by Gasteiger charge is 2.25. The van der Waals surface area contributed by atoms with Crippen LogP contribution in [0.2, 0.25) is 0 Å². The summed E-state index contributed by atoms with van der Waals surface area (Å²) in [5.74, 6) is -0.544. The minimum Gasteiger partial charge on any atom is -0.379 e. The molecule has 0 saturated heterocycles. The smallest absolute Gasteiger partial charge is 0.257 e. The fourth-order valence-corrected chi connectivity index (χ4v) is 3.17. The number of benzene rings is 2. The Morgan fingerprint density at radius 2 is 1.96 bits per heavy atom. The van der Waals surface area contributed by atoms with Gasteiger partial charge in [-0.1, -0.05) is 12.1 Å². The number of aryl methyl sites for hydroxylation is 1. The zero-order chi connectivity index (χ0) is 19.5. The van der Waals surface area contributed by atoms with E-state index in [1.54, 1.807) is 30.7 Å². The van der Waals surface area contributed by atoms with Crippen LogP contribution in [0.1, 0.15) is 16.7 Å². The SMILES string of the molecule is Cc1cccc2c1/C(=C\Nc1ccc(NCc3ccncc3)c(F)c1)C(=O)N2. The number of carbonyl (C=O) groups excluding carboxylic acids is 1. The lowest BCUT2D eigenvalue weighted by Gasteiger charge is -2.10. The van der Waals surface area contributed by atoms with Crippen molar-refractivity contribution in [1.82, 2.24) is 4.98 Å². The minimum atomic E-state index is -0.370. The third-order valence-corrected chi connectivity index (χ3v) is 4.62. The fourth-order valence-electron chi connectivity index (χ4n) is 3.17. The number of pyridine rings is 1. The summed E-state index contributed by atoms with van der Waals surface area (Å²) in [6, 6.07) is 14.3. The number of halogens is 1. The third kappa shape index (κ3) is 3.57. The Kier molecular flexibility index (Phi) is 4.76. The van der Waals surface area contributed by atoms with Crippen molar-refractivity contribution >= 4 is 28.5 Å². The molecule has 2 heterocycles. The number of nitrogens with zero attached hydrogens (tertiary/aromatic N) is 1. The van der Waals surface area contributed by atoms with Gasteiger partial charge in [0.05, 0.1) is 11.3 Å². The Morgan fingerprint density at radius 3 is 2.75 bits per heavy atom. The van der Waals surface area contributed by atoms with Gasteiger partial charge in [0.15, 0.2) is 0 Å². The lowest BCUT2D eigenvalue weighted by atomic mass is 10.0. The largest absolute Gasteiger partial charge is 0.379 e. The number of nitrogens with one attached hydrogen (secondary N) is 3. The molecule has 1 aliphatic heterocycles. The Balaban J connectivity index is 1.49. The molecule has 3 N–H and O–H groups in total. The van der Waals surface area contributed by atoms with Gasteiger partial charge in [0.1, 0.15) is 5.82 Å². The van der Waals surface area contributed by atoms with E-state index in [1.165, 1.54) is 6.07 Å². The van der Waals surface area contributed by atoms with Crippen molar-refractivity contribution in [2.75, 3.05) is 16.0 Å². The first-order chi connectivity index (χ1) is 13.6. The molecule has 6 heteroatoms. The molecule has 1 aromatic heterocycles. The van der Waals surface area contributed by atoms with Gasteiger partial charge in [0, 0.05) is 42.1 Å². The maximum absolute atomic E-state index is 14.4. The molecule has 0 bridgehead atoms. The van der Waals surface area contributed by atoms with Gasteiger partial charge in [-0.2, -0.15) is 0 Å². The van der Waals surface area contributed by atoms with Gasteiger partial charge < -0.3 is 16.0 Å². The molecule has 0 unspecified atom stereocenters. The summed E-state index contributed by atoms with van der Waals surface area (Å²) >= 11 is 0. The quantitative estimate of drug-likeness (QED) is 0.574. The van der Waals surface area contributed by atoms with Gasteiger partial charge in [-0.15, -0.1) is 0 Å². The molecule has 3 aromatic rings. The molecule has 0 atom stereocenters. The lowest BCUT2D eigenvalue weighted by molar-refractivity contribution is -0.110. The van der Waals surface area contributed by atoms with E-state index in [0.717, 1.165) is 22.4 Å². The summed E-state index contributed by atoms with van der Waals surface area (Å²) in [5, 5.41) is 8.94. The summed E-state index contributed by atoms with van der Waals surface area (Å²) in [6.07, 6.45) is 5.02. The van der Waals surface area contributed by atoms with Crippen LogP contribution in [0.3, 0.4) is 0 Å². The van der Waals surface area contributed by atoms with Crippen molar-refractivity contribution in [2.45, 2.75) is 13.5 Å². The molecular weight excluding hydrogens is 355 g/mol. The van der Waals surface area contributed by atoms with Gasteiger partial charge in [-0.05, 0) is 54.4 Å². The molecule has 1 aliphatic rings. The van der Waals surface area contributed by atoms with Crippen molar-refractivity contribution < 1.29 is 9.18 Å². The highest BCUT2D eigenvalue weighted by molar-refractivity contribution is 6.32. The second kappa shape index (κ2) is 7.52. The van der Waals surface area contributed by atoms with E-state index in [2.05, 4.69) is 20.9 Å². The molecule has 2 aromatic carbocycles. The molecule has 28 heavy (non-hydrogen) atoms. The average Bonchev–Trinajstić information content (AvgIpc) is 3.03. The highest BCUT2D eigenvalue weighted by atomic mass is 19.1. The number of hydrogen-bond acceptors (Lipinski definition) is 4. The van der Waals surface area contributed by atoms with E-state index in [1.807, 2.05) is 37.3 Å². The van der Waals surface area contributed by atoms with Crippen molar-refractivity contribution in [1.29, 1.82) is 0 Å². The summed E-state index contributed by atoms with van der Waals surface area (Å²) in [6.45, 7) is 2.46. The second-order valence-corrected chi connectivity index (χ2v) is 6.56. The Hall–Kier alpha value is -3.67. The minimum absolute atomic E-state index is 0.173. The van der Waals surface area contributed by atoms with Crippen LogP contribution in [0.5, 0.6) is 0 Å². The number of aromatic nitrogens is 1. The molecule has 5 nitrogen and oxygen atoms in total.